The molecular formula is C24H15ClN2O4. The van der Waals surface area contributed by atoms with Crippen molar-refractivity contribution in [1.29, 1.82) is 5.26 Å². The minimum absolute atomic E-state index is 0.205. The van der Waals surface area contributed by atoms with Crippen molar-refractivity contribution in [2.75, 3.05) is 0 Å². The van der Waals surface area contributed by atoms with E-state index in [1.54, 1.807) is 48.5 Å². The molecule has 7 heteroatoms. The van der Waals surface area contributed by atoms with Crippen molar-refractivity contribution < 1.29 is 19.1 Å². The fourth-order valence-electron chi connectivity index (χ4n) is 2.95. The molecule has 0 saturated carbocycles. The smallest absolute Gasteiger partial charge is 0.335 e. The molecule has 1 N–H and O–H groups in total. The Balaban J connectivity index is 1.62. The molecule has 152 valence electrons. The van der Waals surface area contributed by atoms with Crippen molar-refractivity contribution in [2.24, 2.45) is 0 Å². The topological polar surface area (TPSA) is 96.3 Å². The third-order valence-electron chi connectivity index (χ3n) is 4.51. The number of para-hydroxylation sites is 2. The average molecular weight is 431 g/mol. The first-order valence-electron chi connectivity index (χ1n) is 9.26. The van der Waals surface area contributed by atoms with Crippen LogP contribution >= 0.6 is 11.6 Å². The number of carbonyl (C=O) groups is 1. The van der Waals surface area contributed by atoms with Crippen LogP contribution in [-0.2, 0) is 6.61 Å². The number of aromatic carboxylic acids is 1. The molecule has 4 aromatic rings. The number of fused-ring (bicyclic) bond motifs is 1. The zero-order valence-corrected chi connectivity index (χ0v) is 16.8. The summed E-state index contributed by atoms with van der Waals surface area (Å²) >= 11 is 6.16. The van der Waals surface area contributed by atoms with Gasteiger partial charge in [-0.3, -0.25) is 0 Å². The van der Waals surface area contributed by atoms with Gasteiger partial charge in [0.05, 0.1) is 5.56 Å². The monoisotopic (exact) mass is 430 g/mol. The minimum Gasteiger partial charge on any atom is -0.488 e. The van der Waals surface area contributed by atoms with Gasteiger partial charge in [-0.2, -0.15) is 5.26 Å². The van der Waals surface area contributed by atoms with Crippen LogP contribution < -0.4 is 4.74 Å². The van der Waals surface area contributed by atoms with E-state index in [1.165, 1.54) is 12.1 Å². The van der Waals surface area contributed by atoms with Crippen LogP contribution in [0.3, 0.4) is 0 Å². The molecular weight excluding hydrogens is 416 g/mol. The predicted molar refractivity (Wildman–Crippen MR) is 117 cm³/mol. The summed E-state index contributed by atoms with van der Waals surface area (Å²) in [4.78, 5) is 15.4. The van der Waals surface area contributed by atoms with Crippen LogP contribution in [0.25, 0.3) is 22.7 Å². The van der Waals surface area contributed by atoms with Gasteiger partial charge in [-0.15, -0.1) is 0 Å². The van der Waals surface area contributed by atoms with Crippen molar-refractivity contribution >= 4 is 40.3 Å². The molecule has 3 aromatic carbocycles. The van der Waals surface area contributed by atoms with Gasteiger partial charge in [0.25, 0.3) is 0 Å². The highest BCUT2D eigenvalue weighted by molar-refractivity contribution is 6.30. The van der Waals surface area contributed by atoms with Crippen LogP contribution in [0.4, 0.5) is 0 Å². The molecule has 0 bridgehead atoms. The van der Waals surface area contributed by atoms with E-state index in [9.17, 15) is 10.1 Å². The Kier molecular flexibility index (Phi) is 5.69. The third kappa shape index (κ3) is 4.58. The molecule has 0 radical (unpaired) electrons. The molecule has 0 amide bonds. The quantitative estimate of drug-likeness (QED) is 0.387. The lowest BCUT2D eigenvalue weighted by Gasteiger charge is -2.10. The maximum atomic E-state index is 11.0. The van der Waals surface area contributed by atoms with E-state index in [-0.39, 0.29) is 23.6 Å². The number of carboxylic acids is 1. The van der Waals surface area contributed by atoms with E-state index in [1.807, 2.05) is 12.1 Å². The van der Waals surface area contributed by atoms with Gasteiger partial charge in [0.2, 0.25) is 5.89 Å². The minimum atomic E-state index is -0.985. The van der Waals surface area contributed by atoms with Crippen LogP contribution in [0.2, 0.25) is 5.02 Å². The van der Waals surface area contributed by atoms with Gasteiger partial charge in [-0.1, -0.05) is 35.9 Å². The lowest BCUT2D eigenvalue weighted by Crippen LogP contribution is -2.00. The maximum Gasteiger partial charge on any atom is 0.335 e. The summed E-state index contributed by atoms with van der Waals surface area (Å²) in [6.07, 6.45) is 1.61. The van der Waals surface area contributed by atoms with Crippen molar-refractivity contribution in [3.8, 4) is 11.8 Å². The molecule has 0 aliphatic rings. The van der Waals surface area contributed by atoms with Crippen LogP contribution in [0.5, 0.6) is 5.75 Å². The second-order valence-electron chi connectivity index (χ2n) is 6.63. The molecule has 0 saturated heterocycles. The van der Waals surface area contributed by atoms with Gasteiger partial charge >= 0.3 is 5.97 Å². The van der Waals surface area contributed by atoms with Gasteiger partial charge in [0.15, 0.2) is 5.58 Å². The molecule has 0 aliphatic heterocycles. The zero-order valence-electron chi connectivity index (χ0n) is 16.1. The van der Waals surface area contributed by atoms with Gasteiger partial charge in [-0.05, 0) is 54.1 Å². The number of allylic oxidation sites excluding steroid dienone is 1. The molecule has 0 atom stereocenters. The van der Waals surface area contributed by atoms with Gasteiger partial charge < -0.3 is 14.3 Å². The molecule has 0 spiro atoms. The highest BCUT2D eigenvalue weighted by Gasteiger charge is 2.13. The van der Waals surface area contributed by atoms with Gasteiger partial charge in [-0.25, -0.2) is 9.78 Å². The van der Waals surface area contributed by atoms with Crippen molar-refractivity contribution in [2.45, 2.75) is 6.61 Å². The Morgan fingerprint density at radius 3 is 2.65 bits per heavy atom. The van der Waals surface area contributed by atoms with Gasteiger partial charge in [0, 0.05) is 10.6 Å². The van der Waals surface area contributed by atoms with Crippen LogP contribution in [0.1, 0.15) is 27.4 Å². The molecule has 6 nitrogen and oxygen atoms in total. The second-order valence-corrected chi connectivity index (χ2v) is 7.07. The summed E-state index contributed by atoms with van der Waals surface area (Å²) in [5.41, 5.74) is 3.07. The van der Waals surface area contributed by atoms with E-state index in [4.69, 9.17) is 25.9 Å². The van der Waals surface area contributed by atoms with E-state index in [0.717, 1.165) is 5.56 Å². The van der Waals surface area contributed by atoms with E-state index >= 15 is 0 Å². The Bertz CT molecular complexity index is 1300. The SMILES string of the molecule is N#C/C(=C\c1cc(Cl)ccc1OCc1ccc(C(=O)O)cc1)c1nc2ccccc2o1. The van der Waals surface area contributed by atoms with Crippen LogP contribution in [-0.4, -0.2) is 16.1 Å². The zero-order chi connectivity index (χ0) is 21.8. The first kappa shape index (κ1) is 20.2. The number of carboxylic acid groups (broad SMARTS) is 1. The first-order valence-corrected chi connectivity index (χ1v) is 9.63. The maximum absolute atomic E-state index is 11.0. The van der Waals surface area contributed by atoms with Crippen molar-refractivity contribution in [3.05, 3.63) is 94.3 Å². The standard InChI is InChI=1S/C24H15ClN2O4/c25-19-9-10-21(30-14-15-5-7-16(8-6-15)24(28)29)17(12-19)11-18(13-26)23-27-20-3-1-2-4-22(20)31-23/h1-12H,14H2,(H,28,29)/b18-11+. The third-order valence-corrected chi connectivity index (χ3v) is 4.75. The summed E-state index contributed by atoms with van der Waals surface area (Å²) in [7, 11) is 0. The van der Waals surface area contributed by atoms with Crippen LogP contribution in [0.15, 0.2) is 71.1 Å². The molecule has 4 rings (SSSR count). The first-order chi connectivity index (χ1) is 15.0. The molecule has 0 unspecified atom stereocenters. The lowest BCUT2D eigenvalue weighted by atomic mass is 10.1. The highest BCUT2D eigenvalue weighted by atomic mass is 35.5. The number of nitrogens with zero attached hydrogens (tertiary/aromatic N) is 2. The summed E-state index contributed by atoms with van der Waals surface area (Å²) < 4.78 is 11.6. The number of hydrogen-bond acceptors (Lipinski definition) is 5. The number of aromatic nitrogens is 1. The average Bonchev–Trinajstić information content (AvgIpc) is 3.21. The molecule has 1 aromatic heterocycles. The molecule has 0 fully saturated rings. The number of benzene rings is 3. The largest absolute Gasteiger partial charge is 0.488 e. The lowest BCUT2D eigenvalue weighted by molar-refractivity contribution is 0.0697. The highest BCUT2D eigenvalue weighted by Crippen LogP contribution is 2.29. The van der Waals surface area contributed by atoms with Gasteiger partial charge in [0.1, 0.15) is 29.5 Å². The summed E-state index contributed by atoms with van der Waals surface area (Å²) in [5, 5.41) is 19.2. The normalized spacial score (nSPS) is 11.3. The number of nitriles is 1. The second kappa shape index (κ2) is 8.74. The summed E-state index contributed by atoms with van der Waals surface area (Å²) in [5.74, 6) is -0.268. The molecule has 0 aliphatic carbocycles. The number of oxazole rings is 1. The molecule has 1 heterocycles. The number of halogens is 1. The van der Waals surface area contributed by atoms with E-state index in [2.05, 4.69) is 11.1 Å². The Morgan fingerprint density at radius 1 is 1.16 bits per heavy atom. The van der Waals surface area contributed by atoms with Crippen LogP contribution in [0, 0.1) is 11.3 Å². The van der Waals surface area contributed by atoms with Crippen molar-refractivity contribution in [3.63, 3.8) is 0 Å². The summed E-state index contributed by atoms with van der Waals surface area (Å²) in [6.45, 7) is 0.215. The fraction of sp³-hybridized carbons (Fsp3) is 0.0417. The fourth-order valence-corrected chi connectivity index (χ4v) is 3.13. The number of ether oxygens (including phenoxy) is 1. The Morgan fingerprint density at radius 2 is 1.94 bits per heavy atom. The molecule has 31 heavy (non-hydrogen) atoms. The Hall–Kier alpha value is -4.08. The number of hydrogen-bond donors (Lipinski definition) is 1. The van der Waals surface area contributed by atoms with Crippen molar-refractivity contribution in [1.82, 2.24) is 4.98 Å². The predicted octanol–water partition coefficient (Wildman–Crippen LogP) is 5.82. The number of rotatable bonds is 6. The van der Waals surface area contributed by atoms with E-state index in [0.29, 0.717) is 27.4 Å². The summed E-state index contributed by atoms with van der Waals surface area (Å²) in [6, 6.07) is 20.9. The Labute approximate surface area is 182 Å². The van der Waals surface area contributed by atoms with E-state index < -0.39 is 5.97 Å².